The quantitative estimate of drug-likeness (QED) is 0.574. The van der Waals surface area contributed by atoms with Crippen molar-refractivity contribution in [2.24, 2.45) is 0 Å². The van der Waals surface area contributed by atoms with Gasteiger partial charge in [0.25, 0.3) is 0 Å². The van der Waals surface area contributed by atoms with Crippen LogP contribution in [0, 0.1) is 0 Å². The predicted octanol–water partition coefficient (Wildman–Crippen LogP) is 5.42. The Hall–Kier alpha value is -2.32. The summed E-state index contributed by atoms with van der Waals surface area (Å²) in [6.07, 6.45) is 2.23. The van der Waals surface area contributed by atoms with Gasteiger partial charge in [-0.05, 0) is 40.3 Å². The zero-order valence-corrected chi connectivity index (χ0v) is 14.0. The minimum atomic E-state index is -1.39. The maximum Gasteiger partial charge on any atom is 0.171 e. The van der Waals surface area contributed by atoms with Gasteiger partial charge in [0.05, 0.1) is 0 Å². The maximum atomic E-state index is 12.8. The molecule has 116 valence electrons. The number of carbonyl (C=O) groups is 1. The van der Waals surface area contributed by atoms with Gasteiger partial charge in [-0.3, -0.25) is 4.79 Å². The molecule has 0 spiro atoms. The van der Waals surface area contributed by atoms with Gasteiger partial charge >= 0.3 is 0 Å². The lowest BCUT2D eigenvalue weighted by Gasteiger charge is -2.36. The fourth-order valence-electron chi connectivity index (χ4n) is 2.71. The Balaban J connectivity index is 2.01. The highest BCUT2D eigenvalue weighted by Gasteiger charge is 2.26. The fourth-order valence-corrected chi connectivity index (χ4v) is 5.53. The average Bonchev–Trinajstić information content (AvgIpc) is 2.64. The van der Waals surface area contributed by atoms with E-state index in [1.807, 2.05) is 42.5 Å². The molecule has 3 aromatic rings. The van der Waals surface area contributed by atoms with Gasteiger partial charge in [0.1, 0.15) is 0 Å². The number of hydrogen-bond donors (Lipinski definition) is 0. The molecule has 0 saturated carbocycles. The Morgan fingerprint density at radius 2 is 1.09 bits per heavy atom. The SMILES string of the molecule is CS(CC(=O)c1ccccc1)(c1ccccc1)c1ccccc1. The van der Waals surface area contributed by atoms with Gasteiger partial charge in [0, 0.05) is 11.3 Å². The van der Waals surface area contributed by atoms with Gasteiger partial charge < -0.3 is 0 Å². The molecule has 0 aliphatic rings. The van der Waals surface area contributed by atoms with Crippen molar-refractivity contribution in [1.82, 2.24) is 0 Å². The minimum Gasteiger partial charge on any atom is -0.293 e. The van der Waals surface area contributed by atoms with E-state index in [0.717, 1.165) is 5.56 Å². The van der Waals surface area contributed by atoms with Crippen LogP contribution < -0.4 is 0 Å². The summed E-state index contributed by atoms with van der Waals surface area (Å²) in [5.41, 5.74) is 0.790. The van der Waals surface area contributed by atoms with Crippen molar-refractivity contribution in [2.45, 2.75) is 9.79 Å². The monoisotopic (exact) mass is 320 g/mol. The third-order valence-electron chi connectivity index (χ3n) is 4.04. The van der Waals surface area contributed by atoms with Gasteiger partial charge in [-0.2, -0.15) is 10.0 Å². The highest BCUT2D eigenvalue weighted by atomic mass is 32.3. The first-order chi connectivity index (χ1) is 11.2. The predicted molar refractivity (Wildman–Crippen MR) is 98.6 cm³/mol. The van der Waals surface area contributed by atoms with Crippen molar-refractivity contribution >= 4 is 15.8 Å². The van der Waals surface area contributed by atoms with Crippen molar-refractivity contribution in [1.29, 1.82) is 0 Å². The highest BCUT2D eigenvalue weighted by molar-refractivity contribution is 8.33. The van der Waals surface area contributed by atoms with Crippen molar-refractivity contribution in [3.63, 3.8) is 0 Å². The molecule has 0 radical (unpaired) electrons. The standard InChI is InChI=1S/C21H20OS/c1-23(19-13-7-3-8-14-19,20-15-9-4-10-16-20)17-21(22)18-11-5-2-6-12-18/h2-16H,17H2,1H3. The van der Waals surface area contributed by atoms with Crippen LogP contribution >= 0.6 is 10.0 Å². The molecular formula is C21H20OS. The Bertz CT molecular complexity index is 727. The average molecular weight is 320 g/mol. The van der Waals surface area contributed by atoms with E-state index in [4.69, 9.17) is 0 Å². The first-order valence-corrected chi connectivity index (χ1v) is 9.86. The zero-order valence-electron chi connectivity index (χ0n) is 13.2. The second-order valence-corrected chi connectivity index (χ2v) is 9.05. The minimum absolute atomic E-state index is 0.204. The molecule has 3 aromatic carbocycles. The molecule has 2 heteroatoms. The molecule has 3 rings (SSSR count). The third kappa shape index (κ3) is 3.38. The lowest BCUT2D eigenvalue weighted by molar-refractivity contribution is 0.102. The maximum absolute atomic E-state index is 12.8. The summed E-state index contributed by atoms with van der Waals surface area (Å²) in [7, 11) is -1.39. The van der Waals surface area contributed by atoms with Gasteiger partial charge in [-0.1, -0.05) is 66.7 Å². The zero-order chi connectivity index (χ0) is 16.1. The smallest absolute Gasteiger partial charge is 0.171 e. The van der Waals surface area contributed by atoms with Crippen LogP contribution in [-0.2, 0) is 0 Å². The lowest BCUT2D eigenvalue weighted by Crippen LogP contribution is -2.14. The molecule has 0 heterocycles. The number of rotatable bonds is 5. The molecule has 0 N–H and O–H groups in total. The van der Waals surface area contributed by atoms with Crippen LogP contribution in [-0.4, -0.2) is 17.8 Å². The normalized spacial score (nSPS) is 11.9. The van der Waals surface area contributed by atoms with Gasteiger partial charge in [0.2, 0.25) is 0 Å². The van der Waals surface area contributed by atoms with Gasteiger partial charge in [0.15, 0.2) is 5.78 Å². The van der Waals surface area contributed by atoms with Gasteiger partial charge in [-0.15, -0.1) is 0 Å². The second kappa shape index (κ2) is 6.84. The third-order valence-corrected chi connectivity index (χ3v) is 7.51. The van der Waals surface area contributed by atoms with Crippen LogP contribution in [0.3, 0.4) is 0 Å². The van der Waals surface area contributed by atoms with Crippen LogP contribution in [0.4, 0.5) is 0 Å². The summed E-state index contributed by atoms with van der Waals surface area (Å²) in [4.78, 5) is 15.3. The van der Waals surface area contributed by atoms with E-state index >= 15 is 0 Å². The summed E-state index contributed by atoms with van der Waals surface area (Å²) in [6.45, 7) is 0. The molecule has 23 heavy (non-hydrogen) atoms. The Kier molecular flexibility index (Phi) is 4.63. The van der Waals surface area contributed by atoms with Crippen molar-refractivity contribution in [3.05, 3.63) is 96.6 Å². The lowest BCUT2D eigenvalue weighted by atomic mass is 10.2. The second-order valence-electron chi connectivity index (χ2n) is 5.65. The molecule has 1 nitrogen and oxygen atoms in total. The first-order valence-electron chi connectivity index (χ1n) is 7.64. The van der Waals surface area contributed by atoms with Crippen LogP contribution in [0.2, 0.25) is 0 Å². The van der Waals surface area contributed by atoms with Crippen LogP contribution in [0.1, 0.15) is 10.4 Å². The largest absolute Gasteiger partial charge is 0.293 e. The fraction of sp³-hybridized carbons (Fsp3) is 0.0952. The van der Waals surface area contributed by atoms with E-state index in [2.05, 4.69) is 54.8 Å². The molecule has 0 saturated heterocycles. The summed E-state index contributed by atoms with van der Waals surface area (Å²) >= 11 is 0. The Morgan fingerprint density at radius 1 is 0.696 bits per heavy atom. The van der Waals surface area contributed by atoms with Crippen molar-refractivity contribution < 1.29 is 4.79 Å². The highest BCUT2D eigenvalue weighted by Crippen LogP contribution is 2.59. The molecule has 0 aliphatic carbocycles. The number of benzene rings is 3. The summed E-state index contributed by atoms with van der Waals surface area (Å²) < 4.78 is 0. The molecule has 0 atom stereocenters. The number of carbonyl (C=O) groups excluding carboxylic acids is 1. The number of Topliss-reactive ketones (excluding diaryl/α,β-unsaturated/α-hetero) is 1. The molecule has 0 fully saturated rings. The van der Waals surface area contributed by atoms with E-state index in [1.54, 1.807) is 0 Å². The van der Waals surface area contributed by atoms with Crippen molar-refractivity contribution in [3.8, 4) is 0 Å². The number of hydrogen-bond acceptors (Lipinski definition) is 1. The summed E-state index contributed by atoms with van der Waals surface area (Å²) in [5.74, 6) is 0.737. The Morgan fingerprint density at radius 3 is 1.52 bits per heavy atom. The molecule has 0 aromatic heterocycles. The topological polar surface area (TPSA) is 17.1 Å². The first kappa shape index (κ1) is 15.6. The van der Waals surface area contributed by atoms with E-state index in [0.29, 0.717) is 5.75 Å². The van der Waals surface area contributed by atoms with E-state index in [1.165, 1.54) is 9.79 Å². The Labute approximate surface area is 139 Å². The molecule has 0 bridgehead atoms. The van der Waals surface area contributed by atoms with Crippen LogP contribution in [0.15, 0.2) is 101 Å². The molecular weight excluding hydrogens is 300 g/mol. The molecule has 0 aliphatic heterocycles. The van der Waals surface area contributed by atoms with E-state index in [9.17, 15) is 4.79 Å². The van der Waals surface area contributed by atoms with Gasteiger partial charge in [-0.25, -0.2) is 0 Å². The van der Waals surface area contributed by atoms with E-state index in [-0.39, 0.29) is 5.78 Å². The van der Waals surface area contributed by atoms with Crippen LogP contribution in [0.25, 0.3) is 0 Å². The van der Waals surface area contributed by atoms with E-state index < -0.39 is 10.0 Å². The van der Waals surface area contributed by atoms with Crippen LogP contribution in [0.5, 0.6) is 0 Å². The van der Waals surface area contributed by atoms with Crippen molar-refractivity contribution in [2.75, 3.05) is 12.0 Å². The molecule has 0 amide bonds. The summed E-state index contributed by atoms with van der Waals surface area (Å²) in [6, 6.07) is 30.4. The molecule has 0 unspecified atom stereocenters. The number of ketones is 1. The summed E-state index contributed by atoms with van der Waals surface area (Å²) in [5, 5.41) is 0.